The number of methoxy groups -OCH3 is 1. The summed E-state index contributed by atoms with van der Waals surface area (Å²) in [4.78, 5) is 3.61. The minimum Gasteiger partial charge on any atom is -0.495 e. The molecule has 96 valence electrons. The first-order valence-electron chi connectivity index (χ1n) is 5.06. The Kier molecular flexibility index (Phi) is 3.08. The predicted molar refractivity (Wildman–Crippen MR) is 62.5 cm³/mol. The summed E-state index contributed by atoms with van der Waals surface area (Å²) >= 11 is 0. The van der Waals surface area contributed by atoms with E-state index in [2.05, 4.69) is 4.98 Å². The Morgan fingerprint density at radius 2 is 2.11 bits per heavy atom. The molecule has 1 aromatic heterocycles. The summed E-state index contributed by atoms with van der Waals surface area (Å²) in [7, 11) is -2.58. The van der Waals surface area contributed by atoms with Gasteiger partial charge in [0.05, 0.1) is 7.11 Å². The second kappa shape index (κ2) is 4.41. The largest absolute Gasteiger partial charge is 0.495 e. The van der Waals surface area contributed by atoms with Crippen molar-refractivity contribution in [2.24, 2.45) is 0 Å². The SMILES string of the molecule is COc1ccc(F)cc1S(=O)(=O)n1ccnc1C. The number of aryl methyl sites for hydroxylation is 1. The van der Waals surface area contributed by atoms with Gasteiger partial charge in [-0.15, -0.1) is 0 Å². The number of halogens is 1. The molecule has 0 aliphatic heterocycles. The number of hydrogen-bond donors (Lipinski definition) is 0. The quantitative estimate of drug-likeness (QED) is 0.849. The fourth-order valence-electron chi connectivity index (χ4n) is 1.58. The van der Waals surface area contributed by atoms with Crippen LogP contribution in [0.15, 0.2) is 35.5 Å². The molecule has 2 rings (SSSR count). The van der Waals surface area contributed by atoms with E-state index < -0.39 is 15.8 Å². The highest BCUT2D eigenvalue weighted by Gasteiger charge is 2.23. The van der Waals surface area contributed by atoms with Crippen molar-refractivity contribution in [3.05, 3.63) is 42.2 Å². The first-order chi connectivity index (χ1) is 8.46. The number of ether oxygens (including phenoxy) is 1. The van der Waals surface area contributed by atoms with Crippen molar-refractivity contribution in [2.45, 2.75) is 11.8 Å². The van der Waals surface area contributed by atoms with Gasteiger partial charge >= 0.3 is 0 Å². The summed E-state index contributed by atoms with van der Waals surface area (Å²) in [5, 5.41) is 0. The molecule has 0 atom stereocenters. The van der Waals surface area contributed by atoms with E-state index in [1.165, 1.54) is 25.6 Å². The summed E-state index contributed by atoms with van der Waals surface area (Å²) in [6.45, 7) is 1.54. The zero-order chi connectivity index (χ0) is 13.3. The number of aromatic nitrogens is 2. The smallest absolute Gasteiger partial charge is 0.272 e. The van der Waals surface area contributed by atoms with E-state index in [9.17, 15) is 12.8 Å². The van der Waals surface area contributed by atoms with Crippen molar-refractivity contribution < 1.29 is 17.5 Å². The van der Waals surface area contributed by atoms with E-state index in [1.54, 1.807) is 6.92 Å². The van der Waals surface area contributed by atoms with Crippen LogP contribution in [0.5, 0.6) is 5.75 Å². The van der Waals surface area contributed by atoms with Gasteiger partial charge in [-0.3, -0.25) is 0 Å². The lowest BCUT2D eigenvalue weighted by atomic mass is 10.3. The van der Waals surface area contributed by atoms with Gasteiger partial charge in [0.25, 0.3) is 10.0 Å². The second-order valence-electron chi connectivity index (χ2n) is 3.57. The van der Waals surface area contributed by atoms with Gasteiger partial charge in [0.1, 0.15) is 22.3 Å². The molecule has 0 saturated carbocycles. The van der Waals surface area contributed by atoms with E-state index in [-0.39, 0.29) is 10.6 Å². The normalized spacial score (nSPS) is 11.5. The standard InChI is InChI=1S/C11H11FN2O3S/c1-8-13-5-6-14(8)18(15,16)11-7-9(12)3-4-10(11)17-2/h3-7H,1-2H3. The zero-order valence-corrected chi connectivity index (χ0v) is 10.6. The van der Waals surface area contributed by atoms with Gasteiger partial charge in [-0.05, 0) is 25.1 Å². The highest BCUT2D eigenvalue weighted by molar-refractivity contribution is 7.90. The molecule has 18 heavy (non-hydrogen) atoms. The van der Waals surface area contributed by atoms with Crippen LogP contribution in [0.1, 0.15) is 5.82 Å². The number of nitrogens with zero attached hydrogens (tertiary/aromatic N) is 2. The maximum Gasteiger partial charge on any atom is 0.272 e. The fourth-order valence-corrected chi connectivity index (χ4v) is 3.07. The molecule has 0 bridgehead atoms. The molecule has 0 spiro atoms. The lowest BCUT2D eigenvalue weighted by Crippen LogP contribution is -2.15. The summed E-state index contributed by atoms with van der Waals surface area (Å²) < 4.78 is 43.8. The van der Waals surface area contributed by atoms with Crippen molar-refractivity contribution in [3.63, 3.8) is 0 Å². The third kappa shape index (κ3) is 1.97. The summed E-state index contributed by atoms with van der Waals surface area (Å²) in [5.41, 5.74) is 0. The van der Waals surface area contributed by atoms with E-state index in [1.807, 2.05) is 0 Å². The summed E-state index contributed by atoms with van der Waals surface area (Å²) in [5.74, 6) is -0.266. The maximum absolute atomic E-state index is 13.2. The molecule has 2 aromatic rings. The number of rotatable bonds is 3. The monoisotopic (exact) mass is 270 g/mol. The van der Waals surface area contributed by atoms with Crippen molar-refractivity contribution in [3.8, 4) is 5.75 Å². The van der Waals surface area contributed by atoms with E-state index in [4.69, 9.17) is 4.74 Å². The molecule has 1 aromatic carbocycles. The molecule has 0 N–H and O–H groups in total. The average molecular weight is 270 g/mol. The fraction of sp³-hybridized carbons (Fsp3) is 0.182. The Bertz CT molecular complexity index is 679. The third-order valence-corrected chi connectivity index (χ3v) is 4.22. The van der Waals surface area contributed by atoms with Crippen LogP contribution in [0.3, 0.4) is 0 Å². The predicted octanol–water partition coefficient (Wildman–Crippen LogP) is 1.58. The first-order valence-corrected chi connectivity index (χ1v) is 6.50. The lowest BCUT2D eigenvalue weighted by Gasteiger charge is -2.11. The van der Waals surface area contributed by atoms with Crippen LogP contribution in [-0.2, 0) is 10.0 Å². The highest BCUT2D eigenvalue weighted by Crippen LogP contribution is 2.26. The van der Waals surface area contributed by atoms with E-state index in [0.717, 1.165) is 16.1 Å². The second-order valence-corrected chi connectivity index (χ2v) is 5.35. The summed E-state index contributed by atoms with van der Waals surface area (Å²) in [6.07, 6.45) is 2.66. The number of benzene rings is 1. The molecule has 0 fully saturated rings. The third-order valence-electron chi connectivity index (χ3n) is 2.44. The molecule has 0 unspecified atom stereocenters. The van der Waals surface area contributed by atoms with Crippen LogP contribution >= 0.6 is 0 Å². The molecule has 0 saturated heterocycles. The maximum atomic E-state index is 13.2. The van der Waals surface area contributed by atoms with Gasteiger partial charge in [-0.25, -0.2) is 21.8 Å². The van der Waals surface area contributed by atoms with Gasteiger partial charge in [0, 0.05) is 12.4 Å². The molecule has 5 nitrogen and oxygen atoms in total. The molecule has 7 heteroatoms. The Morgan fingerprint density at radius 1 is 1.39 bits per heavy atom. The van der Waals surface area contributed by atoms with Crippen LogP contribution in [0.25, 0.3) is 0 Å². The summed E-state index contributed by atoms with van der Waals surface area (Å²) in [6, 6.07) is 3.33. The minimum absolute atomic E-state index is 0.0875. The van der Waals surface area contributed by atoms with Gasteiger partial charge in [0.15, 0.2) is 0 Å². The van der Waals surface area contributed by atoms with Crippen molar-refractivity contribution in [2.75, 3.05) is 7.11 Å². The molecule has 0 aliphatic carbocycles. The van der Waals surface area contributed by atoms with Crippen LogP contribution in [0.2, 0.25) is 0 Å². The van der Waals surface area contributed by atoms with Gasteiger partial charge in [-0.2, -0.15) is 0 Å². The zero-order valence-electron chi connectivity index (χ0n) is 9.79. The Labute approximate surface area is 104 Å². The topological polar surface area (TPSA) is 61.2 Å². The first kappa shape index (κ1) is 12.6. The lowest BCUT2D eigenvalue weighted by molar-refractivity contribution is 0.400. The minimum atomic E-state index is -3.90. The molecule has 1 heterocycles. The molecular formula is C11H11FN2O3S. The van der Waals surface area contributed by atoms with Crippen LogP contribution < -0.4 is 4.74 Å². The van der Waals surface area contributed by atoms with Crippen molar-refractivity contribution in [1.82, 2.24) is 8.96 Å². The van der Waals surface area contributed by atoms with Gasteiger partial charge < -0.3 is 4.74 Å². The van der Waals surface area contributed by atoms with E-state index >= 15 is 0 Å². The molecular weight excluding hydrogens is 259 g/mol. The van der Waals surface area contributed by atoms with Gasteiger partial charge in [0.2, 0.25) is 0 Å². The molecule has 0 aliphatic rings. The van der Waals surface area contributed by atoms with Crippen LogP contribution in [0, 0.1) is 12.7 Å². The molecule has 0 radical (unpaired) electrons. The highest BCUT2D eigenvalue weighted by atomic mass is 32.2. The van der Waals surface area contributed by atoms with Gasteiger partial charge in [-0.1, -0.05) is 0 Å². The Hall–Kier alpha value is -1.89. The molecule has 0 amide bonds. The Morgan fingerprint density at radius 3 is 2.67 bits per heavy atom. The number of hydrogen-bond acceptors (Lipinski definition) is 4. The average Bonchev–Trinajstić information content (AvgIpc) is 2.76. The van der Waals surface area contributed by atoms with Crippen molar-refractivity contribution >= 4 is 10.0 Å². The van der Waals surface area contributed by atoms with Crippen LogP contribution in [0.4, 0.5) is 4.39 Å². The van der Waals surface area contributed by atoms with E-state index in [0.29, 0.717) is 5.82 Å². The Balaban J connectivity index is 2.68. The van der Waals surface area contributed by atoms with Crippen LogP contribution in [-0.4, -0.2) is 24.5 Å². The number of imidazole rings is 1. The van der Waals surface area contributed by atoms with Crippen molar-refractivity contribution in [1.29, 1.82) is 0 Å².